The summed E-state index contributed by atoms with van der Waals surface area (Å²) >= 11 is 0. The van der Waals surface area contributed by atoms with Gasteiger partial charge >= 0.3 is 6.03 Å². The molecule has 83 valence electrons. The van der Waals surface area contributed by atoms with Gasteiger partial charge in [-0.1, -0.05) is 18.2 Å². The van der Waals surface area contributed by atoms with Gasteiger partial charge in [-0.3, -0.25) is 0 Å². The zero-order valence-electron chi connectivity index (χ0n) is 8.92. The summed E-state index contributed by atoms with van der Waals surface area (Å²) in [6, 6.07) is 7.86. The highest BCUT2D eigenvalue weighted by atomic mass is 16.2. The molecular formula is C12H14N3O. The molecule has 1 unspecified atom stereocenters. The van der Waals surface area contributed by atoms with Gasteiger partial charge in [-0.15, -0.1) is 0 Å². The summed E-state index contributed by atoms with van der Waals surface area (Å²) in [6.45, 7) is 1.75. The van der Waals surface area contributed by atoms with E-state index < -0.39 is 0 Å². The quantitative estimate of drug-likeness (QED) is 0.610. The number of carbonyl (C=O) groups is 1. The van der Waals surface area contributed by atoms with Crippen LogP contribution in [-0.2, 0) is 5.54 Å². The van der Waals surface area contributed by atoms with Crippen LogP contribution < -0.4 is 16.0 Å². The van der Waals surface area contributed by atoms with Crippen LogP contribution in [0, 0.1) is 6.42 Å². The molecule has 0 saturated carbocycles. The van der Waals surface area contributed by atoms with Gasteiger partial charge in [0.05, 0.1) is 5.54 Å². The highest BCUT2D eigenvalue weighted by molar-refractivity contribution is 5.94. The molecule has 4 nitrogen and oxygen atoms in total. The summed E-state index contributed by atoms with van der Waals surface area (Å²) in [6.07, 6.45) is 3.05. The van der Waals surface area contributed by atoms with E-state index in [1.54, 1.807) is 0 Å². The fourth-order valence-electron chi connectivity index (χ4n) is 2.50. The maximum Gasteiger partial charge on any atom is 0.319 e. The summed E-state index contributed by atoms with van der Waals surface area (Å²) in [5.41, 5.74) is 1.80. The van der Waals surface area contributed by atoms with Crippen LogP contribution in [0.3, 0.4) is 0 Å². The third-order valence-corrected chi connectivity index (χ3v) is 3.28. The molecule has 16 heavy (non-hydrogen) atoms. The zero-order valence-corrected chi connectivity index (χ0v) is 8.92. The number of hydrogen-bond donors (Lipinski definition) is 3. The van der Waals surface area contributed by atoms with E-state index in [0.29, 0.717) is 0 Å². The molecule has 4 heteroatoms. The number of urea groups is 1. The topological polar surface area (TPSA) is 53.2 Å². The molecule has 2 aliphatic heterocycles. The first kappa shape index (κ1) is 9.66. The van der Waals surface area contributed by atoms with E-state index in [4.69, 9.17) is 0 Å². The lowest BCUT2D eigenvalue weighted by molar-refractivity contribution is 0.232. The van der Waals surface area contributed by atoms with E-state index in [9.17, 15) is 4.79 Å². The zero-order chi connectivity index (χ0) is 11.0. The maximum atomic E-state index is 11.6. The Labute approximate surface area is 94.4 Å². The molecule has 1 spiro atoms. The fourth-order valence-corrected chi connectivity index (χ4v) is 2.50. The number of rotatable bonds is 0. The largest absolute Gasteiger partial charge is 0.328 e. The third kappa shape index (κ3) is 1.38. The first-order valence-corrected chi connectivity index (χ1v) is 5.54. The van der Waals surface area contributed by atoms with Crippen molar-refractivity contribution in [2.24, 2.45) is 0 Å². The molecule has 3 N–H and O–H groups in total. The Hall–Kier alpha value is -1.55. The van der Waals surface area contributed by atoms with Gasteiger partial charge in [-0.25, -0.2) is 4.79 Å². The molecule has 1 atom stereocenters. The Balaban J connectivity index is 2.08. The minimum Gasteiger partial charge on any atom is -0.328 e. The van der Waals surface area contributed by atoms with Crippen LogP contribution in [-0.4, -0.2) is 19.1 Å². The Morgan fingerprint density at radius 2 is 2.12 bits per heavy atom. The van der Waals surface area contributed by atoms with E-state index in [-0.39, 0.29) is 11.6 Å². The minimum absolute atomic E-state index is 0.114. The van der Waals surface area contributed by atoms with Crippen LogP contribution in [0.2, 0.25) is 0 Å². The van der Waals surface area contributed by atoms with Gasteiger partial charge < -0.3 is 16.0 Å². The van der Waals surface area contributed by atoms with Gasteiger partial charge in [0.15, 0.2) is 0 Å². The summed E-state index contributed by atoms with van der Waals surface area (Å²) in [7, 11) is 0. The van der Waals surface area contributed by atoms with Crippen molar-refractivity contribution >= 4 is 11.7 Å². The van der Waals surface area contributed by atoms with Crippen LogP contribution >= 0.6 is 0 Å². The first-order valence-electron chi connectivity index (χ1n) is 5.54. The highest BCUT2D eigenvalue weighted by Gasteiger charge is 2.40. The maximum absolute atomic E-state index is 11.6. The van der Waals surface area contributed by atoms with Gasteiger partial charge in [0.25, 0.3) is 0 Å². The van der Waals surface area contributed by atoms with E-state index in [2.05, 4.69) is 28.4 Å². The van der Waals surface area contributed by atoms with Crippen LogP contribution in [0.5, 0.6) is 0 Å². The van der Waals surface area contributed by atoms with Crippen LogP contribution in [0.1, 0.15) is 12.0 Å². The summed E-state index contributed by atoms with van der Waals surface area (Å²) < 4.78 is 0. The van der Waals surface area contributed by atoms with E-state index in [1.165, 1.54) is 0 Å². The number of amides is 2. The van der Waals surface area contributed by atoms with Crippen LogP contribution in [0.25, 0.3) is 0 Å². The van der Waals surface area contributed by atoms with Crippen molar-refractivity contribution in [3.05, 3.63) is 36.2 Å². The normalized spacial score (nSPS) is 22.1. The average molecular weight is 216 g/mol. The molecule has 0 bridgehead atoms. The molecule has 1 radical (unpaired) electrons. The van der Waals surface area contributed by atoms with Gasteiger partial charge in [0, 0.05) is 24.2 Å². The summed E-state index contributed by atoms with van der Waals surface area (Å²) in [5.74, 6) is 0. The molecule has 2 amide bonds. The SMILES string of the molecule is O=C1Nc2ccccc2C2([CH]CNCC2)N1. The number of carbonyl (C=O) groups excluding carboxylic acids is 1. The molecule has 1 saturated heterocycles. The molecule has 3 rings (SSSR count). The predicted molar refractivity (Wildman–Crippen MR) is 62.1 cm³/mol. The average Bonchev–Trinajstić information content (AvgIpc) is 2.30. The molecule has 2 aliphatic rings. The van der Waals surface area contributed by atoms with Crippen LogP contribution in [0.15, 0.2) is 24.3 Å². The monoisotopic (exact) mass is 216 g/mol. The van der Waals surface area contributed by atoms with E-state index in [1.807, 2.05) is 18.2 Å². The first-order chi connectivity index (χ1) is 7.80. The van der Waals surface area contributed by atoms with E-state index >= 15 is 0 Å². The van der Waals surface area contributed by atoms with Gasteiger partial charge in [-0.2, -0.15) is 0 Å². The number of para-hydroxylation sites is 1. The molecule has 1 aromatic rings. The van der Waals surface area contributed by atoms with Crippen molar-refractivity contribution in [3.63, 3.8) is 0 Å². The summed E-state index contributed by atoms with van der Waals surface area (Å²) in [5, 5.41) is 9.16. The second-order valence-electron chi connectivity index (χ2n) is 4.25. The smallest absolute Gasteiger partial charge is 0.319 e. The fraction of sp³-hybridized carbons (Fsp3) is 0.333. The Kier molecular flexibility index (Phi) is 2.11. The Morgan fingerprint density at radius 1 is 1.25 bits per heavy atom. The second-order valence-corrected chi connectivity index (χ2v) is 4.25. The predicted octanol–water partition coefficient (Wildman–Crippen LogP) is 1.21. The van der Waals surface area contributed by atoms with Gasteiger partial charge in [-0.05, 0) is 19.0 Å². The Morgan fingerprint density at radius 3 is 2.94 bits per heavy atom. The molecule has 1 fully saturated rings. The number of nitrogens with one attached hydrogen (secondary N) is 3. The number of benzene rings is 1. The molecular weight excluding hydrogens is 202 g/mol. The highest BCUT2D eigenvalue weighted by Crippen LogP contribution is 2.37. The van der Waals surface area contributed by atoms with Crippen LogP contribution in [0.4, 0.5) is 10.5 Å². The number of fused-ring (bicyclic) bond motifs is 2. The molecule has 2 heterocycles. The van der Waals surface area contributed by atoms with Gasteiger partial charge in [0.1, 0.15) is 0 Å². The Bertz CT molecular complexity index is 424. The number of piperidine rings is 1. The minimum atomic E-state index is -0.288. The number of hydrogen-bond acceptors (Lipinski definition) is 2. The van der Waals surface area contributed by atoms with Crippen molar-refractivity contribution in [2.75, 3.05) is 18.4 Å². The van der Waals surface area contributed by atoms with E-state index in [0.717, 1.165) is 30.8 Å². The lowest BCUT2D eigenvalue weighted by Crippen LogP contribution is -2.56. The molecule has 0 aliphatic carbocycles. The third-order valence-electron chi connectivity index (χ3n) is 3.28. The standard InChI is InChI=1S/C12H14N3O/c16-11-14-10-4-2-1-3-9(10)12(15-11)5-7-13-8-6-12/h1-5,13H,6-8H2,(H2,14,15,16). The summed E-state index contributed by atoms with van der Waals surface area (Å²) in [4.78, 5) is 11.6. The molecule has 1 aromatic carbocycles. The van der Waals surface area contributed by atoms with Crippen molar-refractivity contribution in [3.8, 4) is 0 Å². The van der Waals surface area contributed by atoms with Crippen molar-refractivity contribution in [1.82, 2.24) is 10.6 Å². The lowest BCUT2D eigenvalue weighted by Gasteiger charge is -2.42. The van der Waals surface area contributed by atoms with Gasteiger partial charge in [0.2, 0.25) is 0 Å². The second kappa shape index (κ2) is 3.49. The van der Waals surface area contributed by atoms with Crippen molar-refractivity contribution in [2.45, 2.75) is 12.0 Å². The van der Waals surface area contributed by atoms with Crippen molar-refractivity contribution in [1.29, 1.82) is 0 Å². The lowest BCUT2D eigenvalue weighted by atomic mass is 9.79. The number of anilines is 1. The van der Waals surface area contributed by atoms with Crippen molar-refractivity contribution < 1.29 is 4.79 Å². The molecule has 0 aromatic heterocycles.